The van der Waals surface area contributed by atoms with E-state index in [-0.39, 0.29) is 0 Å². The van der Waals surface area contributed by atoms with E-state index in [0.29, 0.717) is 11.3 Å². The molecule has 4 heteroatoms. The summed E-state index contributed by atoms with van der Waals surface area (Å²) in [5, 5.41) is 13.1. The molecule has 0 aromatic carbocycles. The molecule has 0 bridgehead atoms. The standard InChI is InChI=1S/C7H11FN2O/c1-5-6(7(11)3-8)4-10(2)9-5/h4,7,11H,3H2,1-2H3. The maximum absolute atomic E-state index is 12.0. The zero-order chi connectivity index (χ0) is 8.43. The average molecular weight is 158 g/mol. The van der Waals surface area contributed by atoms with E-state index in [2.05, 4.69) is 5.10 Å². The molecule has 1 aromatic rings. The Morgan fingerprint density at radius 1 is 1.82 bits per heavy atom. The topological polar surface area (TPSA) is 38.0 Å². The quantitative estimate of drug-likeness (QED) is 0.689. The van der Waals surface area contributed by atoms with E-state index in [0.717, 1.165) is 0 Å². The molecule has 0 saturated carbocycles. The summed E-state index contributed by atoms with van der Waals surface area (Å²) in [5.74, 6) is 0. The van der Waals surface area contributed by atoms with Gasteiger partial charge in [-0.3, -0.25) is 4.68 Å². The fourth-order valence-corrected chi connectivity index (χ4v) is 1.03. The van der Waals surface area contributed by atoms with Gasteiger partial charge in [-0.2, -0.15) is 5.10 Å². The average Bonchev–Trinajstić information content (AvgIpc) is 2.28. The van der Waals surface area contributed by atoms with Crippen LogP contribution >= 0.6 is 0 Å². The molecule has 0 aliphatic carbocycles. The summed E-state index contributed by atoms with van der Waals surface area (Å²) in [6, 6.07) is 0. The molecular weight excluding hydrogens is 147 g/mol. The normalized spacial score (nSPS) is 13.5. The van der Waals surface area contributed by atoms with Crippen LogP contribution in [0.2, 0.25) is 0 Å². The van der Waals surface area contributed by atoms with Crippen LogP contribution in [0.3, 0.4) is 0 Å². The van der Waals surface area contributed by atoms with E-state index in [1.165, 1.54) is 0 Å². The lowest BCUT2D eigenvalue weighted by Gasteiger charge is -2.01. The second-order valence-electron chi connectivity index (χ2n) is 2.51. The number of hydrogen-bond donors (Lipinski definition) is 1. The van der Waals surface area contributed by atoms with Crippen LogP contribution in [0.25, 0.3) is 0 Å². The number of aromatic nitrogens is 2. The molecule has 11 heavy (non-hydrogen) atoms. The Labute approximate surface area is 64.5 Å². The number of rotatable bonds is 2. The van der Waals surface area contributed by atoms with Crippen LogP contribution in [0.15, 0.2) is 6.20 Å². The third kappa shape index (κ3) is 1.57. The van der Waals surface area contributed by atoms with Crippen molar-refractivity contribution in [2.24, 2.45) is 7.05 Å². The van der Waals surface area contributed by atoms with Crippen LogP contribution in [-0.2, 0) is 7.05 Å². The van der Waals surface area contributed by atoms with Crippen LogP contribution < -0.4 is 0 Å². The Hall–Kier alpha value is -0.900. The van der Waals surface area contributed by atoms with E-state index in [1.807, 2.05) is 0 Å². The van der Waals surface area contributed by atoms with E-state index >= 15 is 0 Å². The first kappa shape index (κ1) is 8.20. The minimum absolute atomic E-state index is 0.565. The molecule has 0 aliphatic rings. The van der Waals surface area contributed by atoms with Crippen molar-refractivity contribution in [1.29, 1.82) is 0 Å². The zero-order valence-electron chi connectivity index (χ0n) is 6.58. The van der Waals surface area contributed by atoms with Crippen LogP contribution in [0.5, 0.6) is 0 Å². The molecule has 1 N–H and O–H groups in total. The number of hydrogen-bond acceptors (Lipinski definition) is 2. The first-order valence-electron chi connectivity index (χ1n) is 3.39. The fourth-order valence-electron chi connectivity index (χ4n) is 1.03. The molecule has 1 rings (SSSR count). The minimum atomic E-state index is -1.02. The van der Waals surface area contributed by atoms with Crippen LogP contribution in [0.1, 0.15) is 17.4 Å². The molecule has 1 aromatic heterocycles. The van der Waals surface area contributed by atoms with Crippen molar-refractivity contribution in [2.75, 3.05) is 6.67 Å². The van der Waals surface area contributed by atoms with Crippen LogP contribution in [0.4, 0.5) is 4.39 Å². The molecule has 0 amide bonds. The third-order valence-electron chi connectivity index (χ3n) is 1.56. The molecule has 62 valence electrons. The van der Waals surface area contributed by atoms with E-state index in [9.17, 15) is 4.39 Å². The van der Waals surface area contributed by atoms with Crippen LogP contribution in [0, 0.1) is 6.92 Å². The summed E-state index contributed by atoms with van der Waals surface area (Å²) >= 11 is 0. The van der Waals surface area contributed by atoms with Gasteiger partial charge in [-0.25, -0.2) is 4.39 Å². The lowest BCUT2D eigenvalue weighted by Crippen LogP contribution is -1.99. The number of nitrogens with zero attached hydrogens (tertiary/aromatic N) is 2. The number of aliphatic hydroxyl groups is 1. The van der Waals surface area contributed by atoms with Crippen molar-refractivity contribution in [3.63, 3.8) is 0 Å². The molecule has 0 radical (unpaired) electrons. The number of halogens is 1. The molecule has 3 nitrogen and oxygen atoms in total. The van der Waals surface area contributed by atoms with Crippen molar-refractivity contribution in [3.8, 4) is 0 Å². The van der Waals surface area contributed by atoms with Gasteiger partial charge in [0.15, 0.2) is 0 Å². The second kappa shape index (κ2) is 3.00. The number of aliphatic hydroxyl groups excluding tert-OH is 1. The van der Waals surface area contributed by atoms with Gasteiger partial charge in [0.05, 0.1) is 5.69 Å². The number of alkyl halides is 1. The van der Waals surface area contributed by atoms with Crippen molar-refractivity contribution in [1.82, 2.24) is 9.78 Å². The molecule has 1 unspecified atom stereocenters. The Morgan fingerprint density at radius 2 is 2.45 bits per heavy atom. The van der Waals surface area contributed by atoms with Crippen LogP contribution in [-0.4, -0.2) is 21.6 Å². The smallest absolute Gasteiger partial charge is 0.120 e. The molecule has 0 aliphatic heterocycles. The predicted molar refractivity (Wildman–Crippen MR) is 38.9 cm³/mol. The monoisotopic (exact) mass is 158 g/mol. The number of aryl methyl sites for hydroxylation is 2. The Balaban J connectivity index is 2.93. The summed E-state index contributed by atoms with van der Waals surface area (Å²) < 4.78 is 13.5. The van der Waals surface area contributed by atoms with E-state index < -0.39 is 12.8 Å². The highest BCUT2D eigenvalue weighted by Gasteiger charge is 2.12. The van der Waals surface area contributed by atoms with Gasteiger partial charge in [0, 0.05) is 18.8 Å². The van der Waals surface area contributed by atoms with Gasteiger partial charge in [-0.05, 0) is 6.92 Å². The molecule has 0 saturated heterocycles. The van der Waals surface area contributed by atoms with Gasteiger partial charge in [0.2, 0.25) is 0 Å². The molecular formula is C7H11FN2O. The Kier molecular flexibility index (Phi) is 2.24. The lowest BCUT2D eigenvalue weighted by molar-refractivity contribution is 0.141. The third-order valence-corrected chi connectivity index (χ3v) is 1.56. The van der Waals surface area contributed by atoms with Gasteiger partial charge < -0.3 is 5.11 Å². The maximum atomic E-state index is 12.0. The Bertz CT molecular complexity index is 247. The SMILES string of the molecule is Cc1nn(C)cc1C(O)CF. The highest BCUT2D eigenvalue weighted by Crippen LogP contribution is 2.15. The second-order valence-corrected chi connectivity index (χ2v) is 2.51. The predicted octanol–water partition coefficient (Wildman–Crippen LogP) is 0.731. The van der Waals surface area contributed by atoms with Crippen molar-refractivity contribution < 1.29 is 9.50 Å². The summed E-state index contributed by atoms with van der Waals surface area (Å²) in [4.78, 5) is 0. The largest absolute Gasteiger partial charge is 0.386 e. The molecule has 1 heterocycles. The summed E-state index contributed by atoms with van der Waals surface area (Å²) in [7, 11) is 1.74. The van der Waals surface area contributed by atoms with Gasteiger partial charge in [-0.1, -0.05) is 0 Å². The highest BCUT2D eigenvalue weighted by atomic mass is 19.1. The van der Waals surface area contributed by atoms with Gasteiger partial charge in [0.1, 0.15) is 12.8 Å². The maximum Gasteiger partial charge on any atom is 0.120 e. The molecule has 0 spiro atoms. The van der Waals surface area contributed by atoms with Crippen molar-refractivity contribution in [2.45, 2.75) is 13.0 Å². The van der Waals surface area contributed by atoms with Crippen molar-refractivity contribution >= 4 is 0 Å². The minimum Gasteiger partial charge on any atom is -0.386 e. The van der Waals surface area contributed by atoms with Gasteiger partial charge in [-0.15, -0.1) is 0 Å². The summed E-state index contributed by atoms with van der Waals surface area (Å²) in [5.41, 5.74) is 1.24. The van der Waals surface area contributed by atoms with Gasteiger partial charge in [0.25, 0.3) is 0 Å². The highest BCUT2D eigenvalue weighted by molar-refractivity contribution is 5.18. The fraction of sp³-hybridized carbons (Fsp3) is 0.571. The van der Waals surface area contributed by atoms with E-state index in [1.54, 1.807) is 24.9 Å². The lowest BCUT2D eigenvalue weighted by atomic mass is 10.2. The molecule has 1 atom stereocenters. The first-order valence-corrected chi connectivity index (χ1v) is 3.39. The van der Waals surface area contributed by atoms with Crippen molar-refractivity contribution in [3.05, 3.63) is 17.5 Å². The first-order chi connectivity index (χ1) is 5.15. The molecule has 0 fully saturated rings. The zero-order valence-corrected chi connectivity index (χ0v) is 6.58. The van der Waals surface area contributed by atoms with Gasteiger partial charge >= 0.3 is 0 Å². The van der Waals surface area contributed by atoms with E-state index in [4.69, 9.17) is 5.11 Å². The summed E-state index contributed by atoms with van der Waals surface area (Å²) in [6.07, 6.45) is 0.600. The summed E-state index contributed by atoms with van der Waals surface area (Å²) in [6.45, 7) is 0.987. The Morgan fingerprint density at radius 3 is 2.82 bits per heavy atom.